The molecule has 3 aromatic rings. The number of nitrogens with one attached hydrogen (secondary N) is 2. The zero-order valence-electron chi connectivity index (χ0n) is 19.3. The molecule has 0 radical (unpaired) electrons. The van der Waals surface area contributed by atoms with E-state index in [1.165, 1.54) is 19.2 Å². The number of nitrogens with zero attached hydrogens (tertiary/aromatic N) is 2. The molecule has 2 N–H and O–H groups in total. The van der Waals surface area contributed by atoms with Crippen molar-refractivity contribution in [3.05, 3.63) is 60.5 Å². The number of methoxy groups -OCH3 is 1. The first-order chi connectivity index (χ1) is 16.3. The molecule has 1 aliphatic carbocycles. The molecule has 180 valence electrons. The van der Waals surface area contributed by atoms with Crippen LogP contribution >= 0.6 is 0 Å². The molecule has 2 aromatic carbocycles. The SMILES string of the molecule is COc1cccc(S(=O)(=O)N[C@H]2C[C@H](C(=O)NC(C)C)C[C@H]2c2nc(-c3ccccc3)no2)c1. The van der Waals surface area contributed by atoms with Crippen LogP contribution in [-0.4, -0.2) is 43.7 Å². The molecule has 1 saturated carbocycles. The number of rotatable bonds is 8. The van der Waals surface area contributed by atoms with Crippen molar-refractivity contribution >= 4 is 15.9 Å². The predicted octanol–water partition coefficient (Wildman–Crippen LogP) is 3.11. The lowest BCUT2D eigenvalue weighted by atomic mass is 10.0. The molecule has 0 bridgehead atoms. The number of aromatic nitrogens is 2. The highest BCUT2D eigenvalue weighted by Gasteiger charge is 2.43. The van der Waals surface area contributed by atoms with Gasteiger partial charge in [-0.3, -0.25) is 4.79 Å². The third-order valence-electron chi connectivity index (χ3n) is 5.81. The molecule has 1 aliphatic rings. The molecule has 1 aromatic heterocycles. The van der Waals surface area contributed by atoms with Gasteiger partial charge >= 0.3 is 0 Å². The van der Waals surface area contributed by atoms with Crippen molar-refractivity contribution in [1.82, 2.24) is 20.2 Å². The van der Waals surface area contributed by atoms with Crippen molar-refractivity contribution < 1.29 is 22.5 Å². The fourth-order valence-electron chi connectivity index (χ4n) is 4.18. The van der Waals surface area contributed by atoms with E-state index >= 15 is 0 Å². The van der Waals surface area contributed by atoms with E-state index in [1.54, 1.807) is 12.1 Å². The Morgan fingerprint density at radius 1 is 1.12 bits per heavy atom. The Bertz CT molecular complexity index is 1240. The fourth-order valence-corrected chi connectivity index (χ4v) is 5.51. The van der Waals surface area contributed by atoms with E-state index in [4.69, 9.17) is 9.26 Å². The van der Waals surface area contributed by atoms with Crippen molar-refractivity contribution in [2.24, 2.45) is 5.92 Å². The summed E-state index contributed by atoms with van der Waals surface area (Å²) in [6.45, 7) is 3.77. The highest BCUT2D eigenvalue weighted by molar-refractivity contribution is 7.89. The van der Waals surface area contributed by atoms with E-state index in [-0.39, 0.29) is 16.8 Å². The van der Waals surface area contributed by atoms with Gasteiger partial charge in [-0.25, -0.2) is 13.1 Å². The van der Waals surface area contributed by atoms with Crippen molar-refractivity contribution in [2.45, 2.75) is 49.6 Å². The average molecular weight is 485 g/mol. The van der Waals surface area contributed by atoms with Crippen LogP contribution in [0.2, 0.25) is 0 Å². The molecular weight excluding hydrogens is 456 g/mol. The smallest absolute Gasteiger partial charge is 0.240 e. The van der Waals surface area contributed by atoms with Crippen LogP contribution in [0.4, 0.5) is 0 Å². The van der Waals surface area contributed by atoms with Crippen molar-refractivity contribution in [2.75, 3.05) is 7.11 Å². The van der Waals surface area contributed by atoms with Crippen molar-refractivity contribution in [1.29, 1.82) is 0 Å². The van der Waals surface area contributed by atoms with Gasteiger partial charge in [-0.05, 0) is 38.8 Å². The summed E-state index contributed by atoms with van der Waals surface area (Å²) in [7, 11) is -2.41. The van der Waals surface area contributed by atoms with Gasteiger partial charge in [0, 0.05) is 29.6 Å². The van der Waals surface area contributed by atoms with Crippen LogP contribution in [0.15, 0.2) is 64.0 Å². The minimum absolute atomic E-state index is 0.0217. The summed E-state index contributed by atoms with van der Waals surface area (Å²) >= 11 is 0. The molecule has 9 nitrogen and oxygen atoms in total. The summed E-state index contributed by atoms with van der Waals surface area (Å²) in [5.41, 5.74) is 0.790. The van der Waals surface area contributed by atoms with Gasteiger partial charge in [0.2, 0.25) is 27.6 Å². The average Bonchev–Trinajstić information content (AvgIpc) is 3.46. The Kier molecular flexibility index (Phi) is 6.99. The van der Waals surface area contributed by atoms with E-state index in [0.717, 1.165) is 5.56 Å². The lowest BCUT2D eigenvalue weighted by Gasteiger charge is -2.18. The van der Waals surface area contributed by atoms with Crippen molar-refractivity contribution in [3.63, 3.8) is 0 Å². The molecule has 4 rings (SSSR count). The van der Waals surface area contributed by atoms with Crippen LogP contribution in [0, 0.1) is 5.92 Å². The number of hydrogen-bond acceptors (Lipinski definition) is 7. The second-order valence-electron chi connectivity index (χ2n) is 8.67. The molecular formula is C24H28N4O5S. The maximum atomic E-state index is 13.2. The summed E-state index contributed by atoms with van der Waals surface area (Å²) in [6, 6.07) is 15.0. The molecule has 0 aliphatic heterocycles. The zero-order chi connectivity index (χ0) is 24.3. The Hall–Kier alpha value is -3.24. The summed E-state index contributed by atoms with van der Waals surface area (Å²) in [5.74, 6) is 0.193. The van der Waals surface area contributed by atoms with E-state index in [1.807, 2.05) is 44.2 Å². The topological polar surface area (TPSA) is 123 Å². The van der Waals surface area contributed by atoms with Crippen LogP contribution in [0.25, 0.3) is 11.4 Å². The van der Waals surface area contributed by atoms with E-state index in [2.05, 4.69) is 20.2 Å². The normalized spacial score (nSPS) is 20.4. The first-order valence-corrected chi connectivity index (χ1v) is 12.6. The molecule has 1 heterocycles. The molecule has 34 heavy (non-hydrogen) atoms. The number of sulfonamides is 1. The van der Waals surface area contributed by atoms with Gasteiger partial charge in [0.25, 0.3) is 0 Å². The Balaban J connectivity index is 1.62. The van der Waals surface area contributed by atoms with Crippen molar-refractivity contribution in [3.8, 4) is 17.1 Å². The Morgan fingerprint density at radius 3 is 2.59 bits per heavy atom. The van der Waals surface area contributed by atoms with Gasteiger partial charge in [0.1, 0.15) is 5.75 Å². The molecule has 3 atom stereocenters. The van der Waals surface area contributed by atoms with Crippen LogP contribution < -0.4 is 14.8 Å². The largest absolute Gasteiger partial charge is 0.497 e. The van der Waals surface area contributed by atoms with E-state index in [9.17, 15) is 13.2 Å². The standard InChI is InChI=1S/C24H28N4O5S/c1-15(2)25-23(29)17-12-20(24-26-22(27-33-24)16-8-5-4-6-9-16)21(13-17)28-34(30,31)19-11-7-10-18(14-19)32-3/h4-11,14-15,17,20-21,28H,12-13H2,1-3H3,(H,25,29)/t17-,20-,21+/m1/s1. The molecule has 10 heteroatoms. The predicted molar refractivity (Wildman–Crippen MR) is 126 cm³/mol. The van der Waals surface area contributed by atoms with Gasteiger partial charge in [0.15, 0.2) is 0 Å². The summed E-state index contributed by atoms with van der Waals surface area (Å²) < 4.78 is 39.8. The quantitative estimate of drug-likeness (QED) is 0.503. The molecule has 1 amide bonds. The first kappa shape index (κ1) is 23.9. The van der Waals surface area contributed by atoms with Gasteiger partial charge in [-0.1, -0.05) is 41.6 Å². The second-order valence-corrected chi connectivity index (χ2v) is 10.4. The van der Waals surface area contributed by atoms with Crippen LogP contribution in [0.1, 0.15) is 38.5 Å². The Morgan fingerprint density at radius 2 is 1.88 bits per heavy atom. The number of benzene rings is 2. The maximum Gasteiger partial charge on any atom is 0.240 e. The minimum Gasteiger partial charge on any atom is -0.497 e. The van der Waals surface area contributed by atoms with Crippen LogP contribution in [0.3, 0.4) is 0 Å². The third-order valence-corrected chi connectivity index (χ3v) is 7.30. The maximum absolute atomic E-state index is 13.2. The van der Waals surface area contributed by atoms with Crippen LogP contribution in [0.5, 0.6) is 5.75 Å². The van der Waals surface area contributed by atoms with Crippen LogP contribution in [-0.2, 0) is 14.8 Å². The molecule has 0 unspecified atom stereocenters. The van der Waals surface area contributed by atoms with E-state index in [0.29, 0.717) is 30.3 Å². The second kappa shape index (κ2) is 9.94. The fraction of sp³-hybridized carbons (Fsp3) is 0.375. The third kappa shape index (κ3) is 5.28. The summed E-state index contributed by atoms with van der Waals surface area (Å²) in [4.78, 5) is 17.4. The Labute approximate surface area is 199 Å². The number of amides is 1. The monoisotopic (exact) mass is 484 g/mol. The lowest BCUT2D eigenvalue weighted by Crippen LogP contribution is -2.38. The molecule has 0 saturated heterocycles. The van der Waals surface area contributed by atoms with Gasteiger partial charge in [-0.15, -0.1) is 0 Å². The summed E-state index contributed by atoms with van der Waals surface area (Å²) in [5, 5.41) is 7.00. The number of carbonyl (C=O) groups excluding carboxylic acids is 1. The first-order valence-electron chi connectivity index (χ1n) is 11.1. The van der Waals surface area contributed by atoms with E-state index < -0.39 is 27.9 Å². The van der Waals surface area contributed by atoms with Gasteiger partial charge < -0.3 is 14.6 Å². The highest BCUT2D eigenvalue weighted by atomic mass is 32.2. The zero-order valence-corrected chi connectivity index (χ0v) is 20.1. The minimum atomic E-state index is -3.89. The lowest BCUT2D eigenvalue weighted by molar-refractivity contribution is -0.125. The van der Waals surface area contributed by atoms with Gasteiger partial charge in [0.05, 0.1) is 17.9 Å². The number of carbonyl (C=O) groups is 1. The molecule has 1 fully saturated rings. The molecule has 0 spiro atoms. The van der Waals surface area contributed by atoms with Gasteiger partial charge in [-0.2, -0.15) is 4.98 Å². The number of ether oxygens (including phenoxy) is 1. The number of hydrogen-bond donors (Lipinski definition) is 2. The highest BCUT2D eigenvalue weighted by Crippen LogP contribution is 2.39. The summed E-state index contributed by atoms with van der Waals surface area (Å²) in [6.07, 6.45) is 0.704.